The zero-order valence-electron chi connectivity index (χ0n) is 14.1. The first-order valence-corrected chi connectivity index (χ1v) is 8.73. The normalized spacial score (nSPS) is 21.0. The Morgan fingerprint density at radius 2 is 1.92 bits per heavy atom. The summed E-state index contributed by atoms with van der Waals surface area (Å²) in [6.07, 6.45) is 2.72. The van der Waals surface area contributed by atoms with Gasteiger partial charge in [-0.2, -0.15) is 0 Å². The molecule has 1 saturated heterocycles. The lowest BCUT2D eigenvalue weighted by Crippen LogP contribution is -2.50. The highest BCUT2D eigenvalue weighted by Gasteiger charge is 2.28. The van der Waals surface area contributed by atoms with Gasteiger partial charge in [0.2, 0.25) is 0 Å². The lowest BCUT2D eigenvalue weighted by Gasteiger charge is -2.35. The number of H-pyrrole nitrogens is 1. The van der Waals surface area contributed by atoms with Crippen LogP contribution in [0.5, 0.6) is 0 Å². The summed E-state index contributed by atoms with van der Waals surface area (Å²) in [5, 5.41) is 4.25. The van der Waals surface area contributed by atoms with E-state index in [9.17, 15) is 4.79 Å². The maximum Gasteiger partial charge on any atom is 0.270 e. The van der Waals surface area contributed by atoms with Crippen LogP contribution in [0.1, 0.15) is 22.5 Å². The first kappa shape index (κ1) is 15.9. The Bertz CT molecular complexity index is 734. The number of rotatable bonds is 4. The first-order chi connectivity index (χ1) is 12.3. The monoisotopic (exact) mass is 338 g/mol. The minimum absolute atomic E-state index is 0.0801. The number of carbonyl (C=O) groups excluding carboxylic acids is 1. The summed E-state index contributed by atoms with van der Waals surface area (Å²) < 4.78 is 0. The SMILES string of the molecule is O=C(c1ccc[nH]1)N1CCN(C[C@@H]2CC(c3ccccc3)=NO2)CC1. The molecule has 0 aliphatic carbocycles. The van der Waals surface area contributed by atoms with Gasteiger partial charge in [0.05, 0.1) is 5.71 Å². The average molecular weight is 338 g/mol. The number of oxime groups is 1. The molecule has 0 saturated carbocycles. The number of aromatic nitrogens is 1. The lowest BCUT2D eigenvalue weighted by molar-refractivity contribution is 0.0323. The molecule has 25 heavy (non-hydrogen) atoms. The molecule has 1 atom stereocenters. The van der Waals surface area contributed by atoms with E-state index in [-0.39, 0.29) is 12.0 Å². The third-order valence-electron chi connectivity index (χ3n) is 4.79. The van der Waals surface area contributed by atoms with Crippen LogP contribution in [-0.4, -0.2) is 65.2 Å². The van der Waals surface area contributed by atoms with Gasteiger partial charge in [0, 0.05) is 45.3 Å². The largest absolute Gasteiger partial charge is 0.390 e. The predicted molar refractivity (Wildman–Crippen MR) is 95.6 cm³/mol. The molecule has 2 aromatic rings. The number of amides is 1. The van der Waals surface area contributed by atoms with Gasteiger partial charge in [-0.1, -0.05) is 35.5 Å². The summed E-state index contributed by atoms with van der Waals surface area (Å²) in [5.74, 6) is 0.0801. The molecule has 2 aliphatic rings. The number of nitrogens with zero attached hydrogens (tertiary/aromatic N) is 3. The van der Waals surface area contributed by atoms with Gasteiger partial charge < -0.3 is 14.7 Å². The molecule has 1 fully saturated rings. The van der Waals surface area contributed by atoms with E-state index in [1.807, 2.05) is 35.2 Å². The standard InChI is InChI=1S/C19H22N4O2/c24-19(17-7-4-8-20-17)23-11-9-22(10-12-23)14-16-13-18(21-25-16)15-5-2-1-3-6-15/h1-8,16,20H,9-14H2/t16-/m0/s1. The van der Waals surface area contributed by atoms with Gasteiger partial charge in [-0.15, -0.1) is 0 Å². The molecule has 1 amide bonds. The molecule has 1 N–H and O–H groups in total. The Labute approximate surface area is 147 Å². The summed E-state index contributed by atoms with van der Waals surface area (Å²) >= 11 is 0. The van der Waals surface area contributed by atoms with Crippen molar-refractivity contribution in [3.8, 4) is 0 Å². The van der Waals surface area contributed by atoms with Crippen molar-refractivity contribution in [3.05, 3.63) is 59.9 Å². The molecule has 1 aromatic heterocycles. The zero-order chi connectivity index (χ0) is 17.1. The molecular formula is C19H22N4O2. The van der Waals surface area contributed by atoms with Crippen LogP contribution < -0.4 is 0 Å². The van der Waals surface area contributed by atoms with Gasteiger partial charge >= 0.3 is 0 Å². The summed E-state index contributed by atoms with van der Waals surface area (Å²) in [4.78, 5) is 25.2. The van der Waals surface area contributed by atoms with E-state index in [0.29, 0.717) is 5.69 Å². The highest BCUT2D eigenvalue weighted by molar-refractivity contribution is 6.01. The molecular weight excluding hydrogens is 316 g/mol. The smallest absolute Gasteiger partial charge is 0.270 e. The molecule has 130 valence electrons. The molecule has 0 bridgehead atoms. The first-order valence-electron chi connectivity index (χ1n) is 8.73. The number of hydrogen-bond donors (Lipinski definition) is 1. The highest BCUT2D eigenvalue weighted by atomic mass is 16.6. The molecule has 3 heterocycles. The van der Waals surface area contributed by atoms with Crippen LogP contribution in [0, 0.1) is 0 Å². The Balaban J connectivity index is 1.25. The van der Waals surface area contributed by atoms with Crippen molar-refractivity contribution in [2.75, 3.05) is 32.7 Å². The van der Waals surface area contributed by atoms with E-state index < -0.39 is 0 Å². The summed E-state index contributed by atoms with van der Waals surface area (Å²) in [7, 11) is 0. The minimum Gasteiger partial charge on any atom is -0.390 e. The second-order valence-electron chi connectivity index (χ2n) is 6.51. The maximum atomic E-state index is 12.3. The number of piperazine rings is 1. The van der Waals surface area contributed by atoms with Gasteiger partial charge in [-0.25, -0.2) is 0 Å². The molecule has 2 aliphatic heterocycles. The zero-order valence-corrected chi connectivity index (χ0v) is 14.1. The van der Waals surface area contributed by atoms with Crippen molar-refractivity contribution in [2.24, 2.45) is 5.16 Å². The van der Waals surface area contributed by atoms with Gasteiger partial charge in [0.25, 0.3) is 5.91 Å². The molecule has 6 nitrogen and oxygen atoms in total. The number of benzene rings is 1. The van der Waals surface area contributed by atoms with E-state index >= 15 is 0 Å². The Morgan fingerprint density at radius 3 is 2.64 bits per heavy atom. The Hall–Kier alpha value is -2.60. The molecule has 4 rings (SSSR count). The van der Waals surface area contributed by atoms with Gasteiger partial charge in [0.1, 0.15) is 11.8 Å². The summed E-state index contributed by atoms with van der Waals surface area (Å²) in [6, 6.07) is 13.8. The van der Waals surface area contributed by atoms with Crippen molar-refractivity contribution >= 4 is 11.6 Å². The Morgan fingerprint density at radius 1 is 1.12 bits per heavy atom. The maximum absolute atomic E-state index is 12.3. The quantitative estimate of drug-likeness (QED) is 0.927. The molecule has 0 unspecified atom stereocenters. The van der Waals surface area contributed by atoms with E-state index in [2.05, 4.69) is 27.2 Å². The van der Waals surface area contributed by atoms with E-state index in [1.165, 1.54) is 0 Å². The lowest BCUT2D eigenvalue weighted by atomic mass is 10.0. The van der Waals surface area contributed by atoms with Crippen LogP contribution >= 0.6 is 0 Å². The van der Waals surface area contributed by atoms with E-state index in [1.54, 1.807) is 6.20 Å². The van der Waals surface area contributed by atoms with Gasteiger partial charge in [0.15, 0.2) is 0 Å². The van der Waals surface area contributed by atoms with Crippen molar-refractivity contribution in [3.63, 3.8) is 0 Å². The van der Waals surface area contributed by atoms with Crippen LogP contribution in [0.25, 0.3) is 0 Å². The second kappa shape index (κ2) is 7.11. The number of carbonyl (C=O) groups is 1. The molecule has 0 radical (unpaired) electrons. The van der Waals surface area contributed by atoms with Crippen LogP contribution in [0.15, 0.2) is 53.8 Å². The van der Waals surface area contributed by atoms with Crippen LogP contribution in [-0.2, 0) is 4.84 Å². The minimum atomic E-state index is 0.0801. The topological polar surface area (TPSA) is 60.9 Å². The fraction of sp³-hybridized carbons (Fsp3) is 0.368. The predicted octanol–water partition coefficient (Wildman–Crippen LogP) is 1.97. The van der Waals surface area contributed by atoms with Crippen LogP contribution in [0.4, 0.5) is 0 Å². The second-order valence-corrected chi connectivity index (χ2v) is 6.51. The van der Waals surface area contributed by atoms with E-state index in [4.69, 9.17) is 4.84 Å². The summed E-state index contributed by atoms with van der Waals surface area (Å²) in [6.45, 7) is 4.08. The van der Waals surface area contributed by atoms with Crippen LogP contribution in [0.3, 0.4) is 0 Å². The fourth-order valence-electron chi connectivity index (χ4n) is 3.38. The summed E-state index contributed by atoms with van der Waals surface area (Å²) in [5.41, 5.74) is 2.81. The third kappa shape index (κ3) is 3.58. The molecule has 1 aromatic carbocycles. The molecule has 0 spiro atoms. The Kier molecular flexibility index (Phi) is 4.52. The van der Waals surface area contributed by atoms with Crippen molar-refractivity contribution in [1.82, 2.24) is 14.8 Å². The highest BCUT2D eigenvalue weighted by Crippen LogP contribution is 2.18. The third-order valence-corrected chi connectivity index (χ3v) is 4.79. The number of nitrogens with one attached hydrogen (secondary N) is 1. The van der Waals surface area contributed by atoms with Gasteiger partial charge in [-0.3, -0.25) is 9.69 Å². The number of aromatic amines is 1. The van der Waals surface area contributed by atoms with Crippen LogP contribution in [0.2, 0.25) is 0 Å². The average Bonchev–Trinajstić information content (AvgIpc) is 3.35. The van der Waals surface area contributed by atoms with E-state index in [0.717, 1.165) is 50.4 Å². The fourth-order valence-corrected chi connectivity index (χ4v) is 3.38. The molecule has 6 heteroatoms. The van der Waals surface area contributed by atoms with Crippen molar-refractivity contribution in [1.29, 1.82) is 0 Å². The van der Waals surface area contributed by atoms with Gasteiger partial charge in [-0.05, 0) is 17.7 Å². The van der Waals surface area contributed by atoms with Crippen molar-refractivity contribution in [2.45, 2.75) is 12.5 Å². The van der Waals surface area contributed by atoms with Crippen molar-refractivity contribution < 1.29 is 9.63 Å². The number of hydrogen-bond acceptors (Lipinski definition) is 4.